The smallest absolute Gasteiger partial charge is 0.152 e. The van der Waals surface area contributed by atoms with Gasteiger partial charge in [-0.15, -0.1) is 0 Å². The number of rotatable bonds is 5. The molecule has 0 saturated carbocycles. The molecule has 0 atom stereocenters. The van der Waals surface area contributed by atoms with Gasteiger partial charge in [-0.2, -0.15) is 0 Å². The van der Waals surface area contributed by atoms with Gasteiger partial charge in [0.1, 0.15) is 0 Å². The maximum Gasteiger partial charge on any atom is 0.152 e. The van der Waals surface area contributed by atoms with Crippen LogP contribution in [0.15, 0.2) is 36.4 Å². The predicted octanol–water partition coefficient (Wildman–Crippen LogP) is 4.10. The quantitative estimate of drug-likeness (QED) is 0.674. The molecule has 1 heteroatoms. The summed E-state index contributed by atoms with van der Waals surface area (Å²) in [4.78, 5) is 10.9. The minimum atomic E-state index is 0.0762. The molecule has 1 aromatic carbocycles. The van der Waals surface area contributed by atoms with Gasteiger partial charge in [0.05, 0.1) is 0 Å². The first-order chi connectivity index (χ1) is 7.74. The molecule has 0 aliphatic rings. The number of carbonyl (C=O) groups is 1. The maximum absolute atomic E-state index is 10.9. The monoisotopic (exact) mass is 214 g/mol. The molecule has 0 aliphatic heterocycles. The second-order valence-corrected chi connectivity index (χ2v) is 3.76. The zero-order chi connectivity index (χ0) is 11.8. The third-order valence-corrected chi connectivity index (χ3v) is 2.25. The molecular formula is C15H18O. The summed E-state index contributed by atoms with van der Waals surface area (Å²) in [6, 6.07) is 8.07. The number of ketones is 1. The van der Waals surface area contributed by atoms with E-state index in [4.69, 9.17) is 0 Å². The molecule has 0 aromatic heterocycles. The molecule has 1 nitrogen and oxygen atoms in total. The Hall–Kier alpha value is -1.63. The van der Waals surface area contributed by atoms with Crippen molar-refractivity contribution in [1.29, 1.82) is 0 Å². The fraction of sp³-hybridized carbons (Fsp3) is 0.267. The zero-order valence-corrected chi connectivity index (χ0v) is 9.94. The van der Waals surface area contributed by atoms with Crippen LogP contribution in [-0.2, 0) is 4.79 Å². The molecular weight excluding hydrogens is 196 g/mol. The van der Waals surface area contributed by atoms with Crippen LogP contribution in [0.2, 0.25) is 0 Å². The number of carbonyl (C=O) groups excluding carboxylic acids is 1. The van der Waals surface area contributed by atoms with Crippen molar-refractivity contribution in [2.45, 2.75) is 26.7 Å². The van der Waals surface area contributed by atoms with Gasteiger partial charge in [-0.1, -0.05) is 55.8 Å². The van der Waals surface area contributed by atoms with Crippen molar-refractivity contribution in [2.24, 2.45) is 0 Å². The van der Waals surface area contributed by atoms with Gasteiger partial charge in [0, 0.05) is 0 Å². The van der Waals surface area contributed by atoms with Crippen molar-refractivity contribution in [2.75, 3.05) is 0 Å². The van der Waals surface area contributed by atoms with Gasteiger partial charge >= 0.3 is 0 Å². The van der Waals surface area contributed by atoms with E-state index in [1.807, 2.05) is 24.3 Å². The topological polar surface area (TPSA) is 17.1 Å². The molecule has 0 aliphatic carbocycles. The molecule has 84 valence electrons. The van der Waals surface area contributed by atoms with Crippen LogP contribution < -0.4 is 0 Å². The highest BCUT2D eigenvalue weighted by Crippen LogP contribution is 2.13. The number of hydrogen-bond acceptors (Lipinski definition) is 1. The van der Waals surface area contributed by atoms with Crippen LogP contribution in [0.1, 0.15) is 37.8 Å². The average molecular weight is 214 g/mol. The Bertz CT molecular complexity index is 400. The van der Waals surface area contributed by atoms with E-state index in [0.29, 0.717) is 0 Å². The Balaban J connectivity index is 2.87. The van der Waals surface area contributed by atoms with E-state index in [0.717, 1.165) is 24.0 Å². The van der Waals surface area contributed by atoms with E-state index >= 15 is 0 Å². The molecule has 0 unspecified atom stereocenters. The molecule has 0 bridgehead atoms. The number of allylic oxidation sites excluding steroid dienone is 2. The lowest BCUT2D eigenvalue weighted by Gasteiger charge is -1.99. The minimum absolute atomic E-state index is 0.0762. The Morgan fingerprint density at radius 2 is 1.81 bits per heavy atom. The largest absolute Gasteiger partial charge is 0.295 e. The third-order valence-electron chi connectivity index (χ3n) is 2.25. The van der Waals surface area contributed by atoms with E-state index in [1.165, 1.54) is 0 Å². The molecule has 0 fully saturated rings. The summed E-state index contributed by atoms with van der Waals surface area (Å²) in [6.45, 7) is 3.72. The van der Waals surface area contributed by atoms with E-state index in [9.17, 15) is 4.79 Å². The van der Waals surface area contributed by atoms with Crippen molar-refractivity contribution >= 4 is 17.9 Å². The van der Waals surface area contributed by atoms with Crippen molar-refractivity contribution in [3.8, 4) is 0 Å². The molecule has 0 saturated heterocycles. The fourth-order valence-corrected chi connectivity index (χ4v) is 1.40. The van der Waals surface area contributed by atoms with Crippen molar-refractivity contribution in [1.82, 2.24) is 0 Å². The van der Waals surface area contributed by atoms with Gasteiger partial charge in [-0.3, -0.25) is 4.79 Å². The summed E-state index contributed by atoms with van der Waals surface area (Å²) in [5, 5.41) is 0. The lowest BCUT2D eigenvalue weighted by molar-refractivity contribution is -0.112. The fourth-order valence-electron chi connectivity index (χ4n) is 1.40. The third kappa shape index (κ3) is 4.26. The highest BCUT2D eigenvalue weighted by molar-refractivity contribution is 5.92. The Morgan fingerprint density at radius 3 is 2.38 bits per heavy atom. The highest BCUT2D eigenvalue weighted by atomic mass is 16.1. The Labute approximate surface area is 97.5 Å². The molecule has 0 amide bonds. The van der Waals surface area contributed by atoms with Crippen LogP contribution in [-0.4, -0.2) is 5.78 Å². The number of unbranched alkanes of at least 4 members (excludes halogenated alkanes) is 1. The van der Waals surface area contributed by atoms with E-state index in [-0.39, 0.29) is 5.78 Å². The van der Waals surface area contributed by atoms with Gasteiger partial charge in [0.15, 0.2) is 5.78 Å². The van der Waals surface area contributed by atoms with Crippen LogP contribution in [0.25, 0.3) is 12.2 Å². The van der Waals surface area contributed by atoms with Gasteiger partial charge in [-0.25, -0.2) is 0 Å². The summed E-state index contributed by atoms with van der Waals surface area (Å²) in [5.41, 5.74) is 2.25. The number of hydrogen-bond donors (Lipinski definition) is 0. The van der Waals surface area contributed by atoms with Crippen LogP contribution in [0.5, 0.6) is 0 Å². The standard InChI is InChI=1S/C15H18O/c1-3-4-5-8-14-9-6-7-10-15(14)12-11-13(2)16/h5-12H,3-4H2,1-2H3/b8-5-,12-11+. The van der Waals surface area contributed by atoms with Gasteiger partial charge in [0.2, 0.25) is 0 Å². The molecule has 0 radical (unpaired) electrons. The van der Waals surface area contributed by atoms with Gasteiger partial charge in [0.25, 0.3) is 0 Å². The first-order valence-electron chi connectivity index (χ1n) is 5.68. The van der Waals surface area contributed by atoms with Gasteiger partial charge < -0.3 is 0 Å². The van der Waals surface area contributed by atoms with E-state index < -0.39 is 0 Å². The first-order valence-corrected chi connectivity index (χ1v) is 5.68. The lowest BCUT2D eigenvalue weighted by Crippen LogP contribution is -1.83. The van der Waals surface area contributed by atoms with Crippen molar-refractivity contribution in [3.63, 3.8) is 0 Å². The van der Waals surface area contributed by atoms with Crippen molar-refractivity contribution < 1.29 is 4.79 Å². The Kier molecular flexibility index (Phi) is 5.27. The summed E-state index contributed by atoms with van der Waals surface area (Å²) < 4.78 is 0. The maximum atomic E-state index is 10.9. The zero-order valence-electron chi connectivity index (χ0n) is 9.94. The molecule has 0 spiro atoms. The summed E-state index contributed by atoms with van der Waals surface area (Å²) >= 11 is 0. The average Bonchev–Trinajstić information content (AvgIpc) is 2.28. The van der Waals surface area contributed by atoms with Gasteiger partial charge in [-0.05, 0) is 30.5 Å². The van der Waals surface area contributed by atoms with Crippen LogP contribution >= 0.6 is 0 Å². The minimum Gasteiger partial charge on any atom is -0.295 e. The number of benzene rings is 1. The summed E-state index contributed by atoms with van der Waals surface area (Å²) in [6.07, 6.45) is 10.00. The normalized spacial score (nSPS) is 11.4. The second-order valence-electron chi connectivity index (χ2n) is 3.76. The Morgan fingerprint density at radius 1 is 1.19 bits per heavy atom. The molecule has 16 heavy (non-hydrogen) atoms. The van der Waals surface area contributed by atoms with E-state index in [2.05, 4.69) is 25.1 Å². The SMILES string of the molecule is CCC/C=C\c1ccccc1/C=C/C(C)=O. The highest BCUT2D eigenvalue weighted by Gasteiger charge is 1.94. The van der Waals surface area contributed by atoms with Crippen LogP contribution in [0, 0.1) is 0 Å². The summed E-state index contributed by atoms with van der Waals surface area (Å²) in [7, 11) is 0. The van der Waals surface area contributed by atoms with Crippen LogP contribution in [0.3, 0.4) is 0 Å². The molecule has 1 rings (SSSR count). The summed E-state index contributed by atoms with van der Waals surface area (Å²) in [5.74, 6) is 0.0762. The van der Waals surface area contributed by atoms with E-state index in [1.54, 1.807) is 13.0 Å². The first kappa shape index (κ1) is 12.4. The lowest BCUT2D eigenvalue weighted by atomic mass is 10.1. The van der Waals surface area contributed by atoms with Crippen molar-refractivity contribution in [3.05, 3.63) is 47.5 Å². The van der Waals surface area contributed by atoms with Crippen LogP contribution in [0.4, 0.5) is 0 Å². The predicted molar refractivity (Wildman–Crippen MR) is 70.1 cm³/mol. The second kappa shape index (κ2) is 6.78. The molecule has 0 N–H and O–H groups in total. The molecule has 1 aromatic rings. The molecule has 0 heterocycles.